The van der Waals surface area contributed by atoms with Gasteiger partial charge in [0.05, 0.1) is 6.54 Å². The molecule has 0 aliphatic carbocycles. The summed E-state index contributed by atoms with van der Waals surface area (Å²) in [6.07, 6.45) is 2.58. The summed E-state index contributed by atoms with van der Waals surface area (Å²) in [5, 5.41) is 14.5. The molecule has 2 rings (SSSR count). The minimum Gasteiger partial charge on any atom is -0.480 e. The molecule has 3 N–H and O–H groups in total. The minimum absolute atomic E-state index is 0.0795. The maximum absolute atomic E-state index is 12.0. The molecule has 1 fully saturated rings. The number of hydrogen-bond acceptors (Lipinski definition) is 4. The van der Waals surface area contributed by atoms with E-state index in [1.807, 2.05) is 13.0 Å². The Kier molecular flexibility index (Phi) is 6.31. The van der Waals surface area contributed by atoms with E-state index in [4.69, 9.17) is 5.11 Å². The van der Waals surface area contributed by atoms with Crippen LogP contribution in [0.4, 0.5) is 11.4 Å². The van der Waals surface area contributed by atoms with Crippen molar-refractivity contribution in [3.8, 4) is 0 Å². The number of anilines is 2. The number of amides is 2. The van der Waals surface area contributed by atoms with Crippen molar-refractivity contribution in [3.63, 3.8) is 0 Å². The number of rotatable bonds is 8. The average Bonchev–Trinajstić information content (AvgIpc) is 2.97. The lowest BCUT2D eigenvalue weighted by Crippen LogP contribution is -2.41. The summed E-state index contributed by atoms with van der Waals surface area (Å²) in [5.41, 5.74) is 1.35. The molecule has 1 heterocycles. The third-order valence-corrected chi connectivity index (χ3v) is 3.90. The van der Waals surface area contributed by atoms with Gasteiger partial charge in [-0.1, -0.05) is 19.4 Å². The highest BCUT2D eigenvalue weighted by molar-refractivity contribution is 5.97. The summed E-state index contributed by atoms with van der Waals surface area (Å²) < 4.78 is 0. The summed E-state index contributed by atoms with van der Waals surface area (Å²) in [6.45, 7) is 2.50. The maximum Gasteiger partial charge on any atom is 0.320 e. The minimum atomic E-state index is -0.959. The summed E-state index contributed by atoms with van der Waals surface area (Å²) >= 11 is 0. The molecule has 0 saturated carbocycles. The van der Waals surface area contributed by atoms with Crippen molar-refractivity contribution in [2.24, 2.45) is 0 Å². The molecule has 0 aromatic heterocycles. The molecule has 1 aromatic rings. The number of carbonyl (C=O) groups is 3. The summed E-state index contributed by atoms with van der Waals surface area (Å²) in [5.74, 6) is -1.19. The average molecular weight is 333 g/mol. The number of nitrogens with zero attached hydrogens (tertiary/aromatic N) is 1. The fourth-order valence-corrected chi connectivity index (χ4v) is 2.70. The lowest BCUT2D eigenvalue weighted by molar-refractivity contribution is -0.139. The molecule has 2 amide bonds. The van der Waals surface area contributed by atoms with Crippen molar-refractivity contribution in [2.45, 2.75) is 38.6 Å². The Balaban J connectivity index is 1.92. The van der Waals surface area contributed by atoms with Crippen molar-refractivity contribution in [3.05, 3.63) is 24.3 Å². The molecule has 1 saturated heterocycles. The van der Waals surface area contributed by atoms with E-state index in [2.05, 4.69) is 10.6 Å². The van der Waals surface area contributed by atoms with E-state index in [1.54, 1.807) is 23.1 Å². The van der Waals surface area contributed by atoms with E-state index in [0.717, 1.165) is 18.5 Å². The second kappa shape index (κ2) is 8.44. The van der Waals surface area contributed by atoms with Crippen LogP contribution in [0.15, 0.2) is 24.3 Å². The van der Waals surface area contributed by atoms with Crippen molar-refractivity contribution >= 4 is 29.2 Å². The zero-order valence-electron chi connectivity index (χ0n) is 13.7. The molecule has 1 aliphatic heterocycles. The van der Waals surface area contributed by atoms with E-state index in [-0.39, 0.29) is 18.4 Å². The van der Waals surface area contributed by atoms with Crippen LogP contribution in [0.3, 0.4) is 0 Å². The van der Waals surface area contributed by atoms with E-state index in [9.17, 15) is 14.4 Å². The summed E-state index contributed by atoms with van der Waals surface area (Å²) in [7, 11) is 0. The Labute approximate surface area is 141 Å². The highest BCUT2D eigenvalue weighted by atomic mass is 16.4. The van der Waals surface area contributed by atoms with Gasteiger partial charge in [-0.25, -0.2) is 0 Å². The van der Waals surface area contributed by atoms with Crippen molar-refractivity contribution in [1.82, 2.24) is 5.32 Å². The number of hydrogen-bond donors (Lipinski definition) is 3. The second-order valence-electron chi connectivity index (χ2n) is 5.81. The van der Waals surface area contributed by atoms with Gasteiger partial charge in [-0.15, -0.1) is 0 Å². The fourth-order valence-electron chi connectivity index (χ4n) is 2.70. The molecule has 1 unspecified atom stereocenters. The quantitative estimate of drug-likeness (QED) is 0.671. The molecule has 0 spiro atoms. The molecule has 1 aliphatic rings. The van der Waals surface area contributed by atoms with E-state index >= 15 is 0 Å². The highest BCUT2D eigenvalue weighted by Gasteiger charge is 2.22. The first-order valence-electron chi connectivity index (χ1n) is 8.17. The molecule has 1 aromatic carbocycles. The van der Waals surface area contributed by atoms with Crippen LogP contribution in [0.5, 0.6) is 0 Å². The first-order valence-corrected chi connectivity index (χ1v) is 8.17. The number of carbonyl (C=O) groups excluding carboxylic acids is 2. The lowest BCUT2D eigenvalue weighted by atomic mass is 10.1. The van der Waals surface area contributed by atoms with Crippen LogP contribution in [0.1, 0.15) is 32.6 Å². The van der Waals surface area contributed by atoms with Gasteiger partial charge in [0, 0.05) is 24.3 Å². The zero-order valence-corrected chi connectivity index (χ0v) is 13.7. The van der Waals surface area contributed by atoms with Gasteiger partial charge in [0.2, 0.25) is 11.8 Å². The van der Waals surface area contributed by atoms with Gasteiger partial charge < -0.3 is 15.3 Å². The van der Waals surface area contributed by atoms with Crippen LogP contribution in [-0.2, 0) is 14.4 Å². The summed E-state index contributed by atoms with van der Waals surface area (Å²) in [4.78, 5) is 36.5. The molecule has 0 radical (unpaired) electrons. The largest absolute Gasteiger partial charge is 0.480 e. The van der Waals surface area contributed by atoms with Gasteiger partial charge in [0.25, 0.3) is 0 Å². The number of carboxylic acid groups (broad SMARTS) is 1. The molecule has 0 bridgehead atoms. The first kappa shape index (κ1) is 17.9. The molecular formula is C17H23N3O4. The Morgan fingerprint density at radius 1 is 1.38 bits per heavy atom. The smallest absolute Gasteiger partial charge is 0.320 e. The van der Waals surface area contributed by atoms with Gasteiger partial charge in [-0.2, -0.15) is 0 Å². The molecule has 1 atom stereocenters. The highest BCUT2D eigenvalue weighted by Crippen LogP contribution is 2.24. The van der Waals surface area contributed by atoms with Crippen molar-refractivity contribution in [1.29, 1.82) is 0 Å². The third-order valence-electron chi connectivity index (χ3n) is 3.90. The van der Waals surface area contributed by atoms with Gasteiger partial charge in [0.1, 0.15) is 6.04 Å². The van der Waals surface area contributed by atoms with E-state index < -0.39 is 12.0 Å². The Bertz CT molecular complexity index is 618. The fraction of sp³-hybridized carbons (Fsp3) is 0.471. The number of benzene rings is 1. The topological polar surface area (TPSA) is 98.7 Å². The monoisotopic (exact) mass is 333 g/mol. The first-order chi connectivity index (χ1) is 11.5. The van der Waals surface area contributed by atoms with Crippen molar-refractivity contribution in [2.75, 3.05) is 23.3 Å². The van der Waals surface area contributed by atoms with Gasteiger partial charge in [0.15, 0.2) is 0 Å². The molecule has 7 nitrogen and oxygen atoms in total. The van der Waals surface area contributed by atoms with Gasteiger partial charge in [-0.05, 0) is 31.0 Å². The molecule has 130 valence electrons. The Hall–Kier alpha value is -2.41. The van der Waals surface area contributed by atoms with Crippen LogP contribution < -0.4 is 15.5 Å². The van der Waals surface area contributed by atoms with Crippen LogP contribution in [-0.4, -0.2) is 42.0 Å². The number of carboxylic acids is 1. The second-order valence-corrected chi connectivity index (χ2v) is 5.81. The number of aliphatic carboxylic acids is 1. The van der Waals surface area contributed by atoms with Crippen LogP contribution in [0, 0.1) is 0 Å². The van der Waals surface area contributed by atoms with Crippen LogP contribution in [0.25, 0.3) is 0 Å². The Morgan fingerprint density at radius 2 is 2.17 bits per heavy atom. The molecule has 24 heavy (non-hydrogen) atoms. The number of nitrogens with one attached hydrogen (secondary N) is 2. The van der Waals surface area contributed by atoms with E-state index in [1.165, 1.54) is 0 Å². The zero-order chi connectivity index (χ0) is 17.5. The standard InChI is InChI=1S/C17H23N3O4/c1-2-5-14(17(23)24)18-11-15(21)19-12-6-3-7-13(10-12)20-9-4-8-16(20)22/h3,6-7,10,14,18H,2,4-5,8-9,11H2,1H3,(H,19,21)(H,23,24). The van der Waals surface area contributed by atoms with E-state index in [0.29, 0.717) is 25.1 Å². The predicted octanol–water partition coefficient (Wildman–Crippen LogP) is 1.59. The Morgan fingerprint density at radius 3 is 2.79 bits per heavy atom. The molecular weight excluding hydrogens is 310 g/mol. The normalized spacial score (nSPS) is 15.4. The van der Waals surface area contributed by atoms with Gasteiger partial charge >= 0.3 is 5.97 Å². The molecule has 7 heteroatoms. The maximum atomic E-state index is 12.0. The van der Waals surface area contributed by atoms with Gasteiger partial charge in [-0.3, -0.25) is 19.7 Å². The van der Waals surface area contributed by atoms with Crippen molar-refractivity contribution < 1.29 is 19.5 Å². The van der Waals surface area contributed by atoms with Crippen LogP contribution >= 0.6 is 0 Å². The van der Waals surface area contributed by atoms with Crippen LogP contribution in [0.2, 0.25) is 0 Å². The third kappa shape index (κ3) is 4.79. The predicted molar refractivity (Wildman–Crippen MR) is 91.0 cm³/mol. The SMILES string of the molecule is CCCC(NCC(=O)Nc1cccc(N2CCCC2=O)c1)C(=O)O. The summed E-state index contributed by atoms with van der Waals surface area (Å²) in [6, 6.07) is 6.37. The lowest BCUT2D eigenvalue weighted by Gasteiger charge is -2.17.